The van der Waals surface area contributed by atoms with Crippen molar-refractivity contribution < 1.29 is 13.9 Å². The number of nitro groups is 1. The average Bonchev–Trinajstić information content (AvgIpc) is 3.37. The summed E-state index contributed by atoms with van der Waals surface area (Å²) in [5.41, 5.74) is 0.510. The molecule has 4 rings (SSSR count). The Morgan fingerprint density at radius 2 is 2.07 bits per heavy atom. The average molecular weight is 387 g/mol. The summed E-state index contributed by atoms with van der Waals surface area (Å²) in [7, 11) is 0. The molecule has 0 atom stereocenters. The Labute approximate surface area is 158 Å². The topological polar surface area (TPSA) is 121 Å². The Kier molecular flexibility index (Phi) is 5.14. The van der Waals surface area contributed by atoms with Gasteiger partial charge in [-0.3, -0.25) is 10.1 Å². The monoisotopic (exact) mass is 387 g/mol. The lowest BCUT2D eigenvalue weighted by Crippen LogP contribution is -2.04. The highest BCUT2D eigenvalue weighted by molar-refractivity contribution is 7.98. The fourth-order valence-corrected chi connectivity index (χ4v) is 3.71. The van der Waals surface area contributed by atoms with E-state index in [1.54, 1.807) is 12.1 Å². The van der Waals surface area contributed by atoms with Crippen LogP contribution < -0.4 is 0 Å². The molecular formula is C17H17N5O4S. The van der Waals surface area contributed by atoms with Gasteiger partial charge in [0.2, 0.25) is 17.6 Å². The fourth-order valence-electron chi connectivity index (χ4n) is 3.11. The molecular weight excluding hydrogens is 370 g/mol. The lowest BCUT2D eigenvalue weighted by molar-refractivity contribution is -0.384. The normalized spacial score (nSPS) is 15.1. The molecule has 1 aromatic carbocycles. The van der Waals surface area contributed by atoms with E-state index in [2.05, 4.69) is 20.3 Å². The highest BCUT2D eigenvalue weighted by Crippen LogP contribution is 2.33. The molecule has 0 bridgehead atoms. The first kappa shape index (κ1) is 17.7. The van der Waals surface area contributed by atoms with Crippen molar-refractivity contribution in [3.63, 3.8) is 0 Å². The summed E-state index contributed by atoms with van der Waals surface area (Å²) in [6, 6.07) is 6.11. The summed E-state index contributed by atoms with van der Waals surface area (Å²) in [5.74, 6) is 2.15. The van der Waals surface area contributed by atoms with Crippen LogP contribution in [0.25, 0.3) is 11.4 Å². The smallest absolute Gasteiger partial charge is 0.277 e. The van der Waals surface area contributed by atoms with E-state index in [1.165, 1.54) is 43.2 Å². The zero-order valence-electron chi connectivity index (χ0n) is 14.4. The van der Waals surface area contributed by atoms with E-state index < -0.39 is 4.92 Å². The summed E-state index contributed by atoms with van der Waals surface area (Å²) in [6.07, 6.45) is 5.89. The minimum absolute atomic E-state index is 0.0191. The Morgan fingerprint density at radius 3 is 2.89 bits per heavy atom. The predicted molar refractivity (Wildman–Crippen MR) is 96.1 cm³/mol. The van der Waals surface area contributed by atoms with Crippen LogP contribution in [0.1, 0.15) is 49.8 Å². The molecule has 1 aliphatic rings. The van der Waals surface area contributed by atoms with E-state index in [-0.39, 0.29) is 5.69 Å². The molecule has 9 nitrogen and oxygen atoms in total. The van der Waals surface area contributed by atoms with Crippen LogP contribution in [0.5, 0.6) is 0 Å². The van der Waals surface area contributed by atoms with E-state index in [0.717, 1.165) is 12.8 Å². The molecule has 10 heteroatoms. The molecule has 1 fully saturated rings. The summed E-state index contributed by atoms with van der Waals surface area (Å²) in [5, 5.41) is 23.5. The minimum Gasteiger partial charge on any atom is -0.416 e. The molecule has 2 heterocycles. The van der Waals surface area contributed by atoms with Gasteiger partial charge < -0.3 is 8.94 Å². The molecule has 1 aliphatic carbocycles. The number of thioether (sulfide) groups is 1. The predicted octanol–water partition coefficient (Wildman–Crippen LogP) is 4.37. The van der Waals surface area contributed by atoms with Crippen molar-refractivity contribution in [2.75, 3.05) is 0 Å². The van der Waals surface area contributed by atoms with Crippen molar-refractivity contribution in [1.29, 1.82) is 0 Å². The number of rotatable bonds is 6. The number of nitro benzene ring substituents is 1. The number of hydrogen-bond donors (Lipinski definition) is 0. The van der Waals surface area contributed by atoms with Crippen LogP contribution in [-0.2, 0) is 5.75 Å². The summed E-state index contributed by atoms with van der Waals surface area (Å²) < 4.78 is 11.0. The van der Waals surface area contributed by atoms with Gasteiger partial charge in [-0.05, 0) is 12.8 Å². The maximum Gasteiger partial charge on any atom is 0.277 e. The molecule has 1 saturated carbocycles. The first-order valence-corrected chi connectivity index (χ1v) is 9.71. The second-order valence-corrected chi connectivity index (χ2v) is 7.28. The molecule has 0 radical (unpaired) electrons. The first-order chi connectivity index (χ1) is 13.2. The third kappa shape index (κ3) is 4.16. The Hall–Kier alpha value is -2.75. The van der Waals surface area contributed by atoms with Gasteiger partial charge in [0.05, 0.1) is 10.7 Å². The van der Waals surface area contributed by atoms with Crippen LogP contribution in [0, 0.1) is 10.1 Å². The maximum atomic E-state index is 10.9. The summed E-state index contributed by atoms with van der Waals surface area (Å²) in [6.45, 7) is 0. The third-order valence-electron chi connectivity index (χ3n) is 4.48. The van der Waals surface area contributed by atoms with Gasteiger partial charge in [0, 0.05) is 23.6 Å². The van der Waals surface area contributed by atoms with E-state index in [0.29, 0.717) is 40.1 Å². The van der Waals surface area contributed by atoms with Crippen molar-refractivity contribution in [2.24, 2.45) is 0 Å². The van der Waals surface area contributed by atoms with Gasteiger partial charge in [0.1, 0.15) is 0 Å². The lowest BCUT2D eigenvalue weighted by atomic mass is 9.89. The Balaban J connectivity index is 1.39. The molecule has 0 spiro atoms. The minimum atomic E-state index is -0.459. The van der Waals surface area contributed by atoms with Gasteiger partial charge in [-0.1, -0.05) is 48.3 Å². The lowest BCUT2D eigenvalue weighted by Gasteiger charge is -2.17. The second-order valence-electron chi connectivity index (χ2n) is 6.35. The van der Waals surface area contributed by atoms with E-state index in [4.69, 9.17) is 8.94 Å². The Morgan fingerprint density at radius 1 is 1.22 bits per heavy atom. The number of non-ortho nitro benzene ring substituents is 1. The largest absolute Gasteiger partial charge is 0.416 e. The second kappa shape index (κ2) is 7.87. The molecule has 27 heavy (non-hydrogen) atoms. The molecule has 0 N–H and O–H groups in total. The molecule has 0 amide bonds. The molecule has 3 aromatic rings. The van der Waals surface area contributed by atoms with Crippen LogP contribution in [0.4, 0.5) is 5.69 Å². The van der Waals surface area contributed by atoms with Crippen molar-refractivity contribution in [3.05, 3.63) is 46.2 Å². The maximum absolute atomic E-state index is 10.9. The fraction of sp³-hybridized carbons (Fsp3) is 0.412. The van der Waals surface area contributed by atoms with Crippen LogP contribution in [0.2, 0.25) is 0 Å². The summed E-state index contributed by atoms with van der Waals surface area (Å²) >= 11 is 1.33. The highest BCUT2D eigenvalue weighted by Gasteiger charge is 2.21. The van der Waals surface area contributed by atoms with Crippen molar-refractivity contribution in [2.45, 2.75) is 49.0 Å². The quantitative estimate of drug-likeness (QED) is 0.345. The van der Waals surface area contributed by atoms with Gasteiger partial charge in [0.15, 0.2) is 0 Å². The molecule has 0 unspecified atom stereocenters. The zero-order valence-corrected chi connectivity index (χ0v) is 15.2. The van der Waals surface area contributed by atoms with Crippen LogP contribution in [0.3, 0.4) is 0 Å². The van der Waals surface area contributed by atoms with Crippen LogP contribution in [-0.4, -0.2) is 25.3 Å². The molecule has 0 aliphatic heterocycles. The zero-order chi connectivity index (χ0) is 18.6. The van der Waals surface area contributed by atoms with Gasteiger partial charge in [-0.2, -0.15) is 4.98 Å². The van der Waals surface area contributed by atoms with E-state index in [9.17, 15) is 10.1 Å². The van der Waals surface area contributed by atoms with E-state index in [1.807, 2.05) is 0 Å². The van der Waals surface area contributed by atoms with Gasteiger partial charge in [0.25, 0.3) is 10.9 Å². The standard InChI is InChI=1S/C17H17N5O4S/c23-22(24)13-8-4-7-12(9-13)15-18-14(26-21-15)10-27-17-20-19-16(25-17)11-5-2-1-3-6-11/h4,7-9,11H,1-3,5-6,10H2. The molecule has 140 valence electrons. The van der Waals surface area contributed by atoms with Gasteiger partial charge in [-0.15, -0.1) is 10.2 Å². The van der Waals surface area contributed by atoms with Crippen LogP contribution >= 0.6 is 11.8 Å². The first-order valence-electron chi connectivity index (χ1n) is 8.72. The van der Waals surface area contributed by atoms with Crippen LogP contribution in [0.15, 0.2) is 38.4 Å². The third-order valence-corrected chi connectivity index (χ3v) is 5.28. The molecule has 0 saturated heterocycles. The Bertz CT molecular complexity index is 935. The molecule has 2 aromatic heterocycles. The number of nitrogens with zero attached hydrogens (tertiary/aromatic N) is 5. The SMILES string of the molecule is O=[N+]([O-])c1cccc(-c2noc(CSc3nnc(C4CCCCC4)o3)n2)c1. The van der Waals surface area contributed by atoms with E-state index >= 15 is 0 Å². The van der Waals surface area contributed by atoms with Gasteiger partial charge >= 0.3 is 0 Å². The van der Waals surface area contributed by atoms with Crippen molar-refractivity contribution in [1.82, 2.24) is 20.3 Å². The highest BCUT2D eigenvalue weighted by atomic mass is 32.2. The number of aromatic nitrogens is 4. The number of hydrogen-bond acceptors (Lipinski definition) is 9. The van der Waals surface area contributed by atoms with Crippen molar-refractivity contribution in [3.8, 4) is 11.4 Å². The number of benzene rings is 1. The van der Waals surface area contributed by atoms with Crippen molar-refractivity contribution >= 4 is 17.4 Å². The summed E-state index contributed by atoms with van der Waals surface area (Å²) in [4.78, 5) is 14.7. The van der Waals surface area contributed by atoms with Gasteiger partial charge in [-0.25, -0.2) is 0 Å².